The molecule has 19 heavy (non-hydrogen) atoms. The van der Waals surface area contributed by atoms with Crippen LogP contribution in [0.15, 0.2) is 36.5 Å². The first kappa shape index (κ1) is 13.3. The maximum Gasteiger partial charge on any atom is 0.270 e. The molecule has 4 nitrogen and oxygen atoms in total. The molecule has 0 saturated heterocycles. The first-order valence-corrected chi connectivity index (χ1v) is 6.49. The van der Waals surface area contributed by atoms with Crippen LogP contribution in [-0.2, 0) is 13.5 Å². The highest BCUT2D eigenvalue weighted by molar-refractivity contribution is 5.92. The Labute approximate surface area is 113 Å². The largest absolute Gasteiger partial charge is 0.344 e. The Morgan fingerprint density at radius 1 is 1.32 bits per heavy atom. The molecule has 0 aliphatic heterocycles. The smallest absolute Gasteiger partial charge is 0.270 e. The topological polar surface area (TPSA) is 46.9 Å². The minimum Gasteiger partial charge on any atom is -0.344 e. The molecule has 4 heteroatoms. The molecule has 1 heterocycles. The van der Waals surface area contributed by atoms with Crippen LogP contribution < -0.4 is 5.32 Å². The number of amides is 1. The molecule has 0 aliphatic carbocycles. The lowest BCUT2D eigenvalue weighted by molar-refractivity contribution is 0.0930. The van der Waals surface area contributed by atoms with Crippen molar-refractivity contribution in [2.45, 2.75) is 26.3 Å². The molecule has 1 amide bonds. The van der Waals surface area contributed by atoms with E-state index in [-0.39, 0.29) is 11.9 Å². The number of carbonyl (C=O) groups excluding carboxylic acids is 1. The van der Waals surface area contributed by atoms with Crippen molar-refractivity contribution in [1.82, 2.24) is 15.1 Å². The Balaban J connectivity index is 2.06. The summed E-state index contributed by atoms with van der Waals surface area (Å²) in [5.41, 5.74) is 2.97. The number of rotatable bonds is 4. The number of aryl methyl sites for hydroxylation is 2. The molecule has 2 aromatic rings. The Morgan fingerprint density at radius 3 is 2.53 bits per heavy atom. The molecule has 0 fully saturated rings. The Bertz CT molecular complexity index is 557. The van der Waals surface area contributed by atoms with Gasteiger partial charge in [0.05, 0.1) is 6.04 Å². The summed E-state index contributed by atoms with van der Waals surface area (Å²) in [5, 5.41) is 6.97. The highest BCUT2D eigenvalue weighted by atomic mass is 16.2. The van der Waals surface area contributed by atoms with Crippen LogP contribution in [0.3, 0.4) is 0 Å². The van der Waals surface area contributed by atoms with E-state index >= 15 is 0 Å². The fourth-order valence-electron chi connectivity index (χ4n) is 1.99. The zero-order chi connectivity index (χ0) is 13.8. The predicted molar refractivity (Wildman–Crippen MR) is 74.9 cm³/mol. The third-order valence-corrected chi connectivity index (χ3v) is 3.29. The van der Waals surface area contributed by atoms with Gasteiger partial charge in [-0.2, -0.15) is 5.10 Å². The van der Waals surface area contributed by atoms with Gasteiger partial charge in [0.25, 0.3) is 5.91 Å². The summed E-state index contributed by atoms with van der Waals surface area (Å²) in [6.07, 6.45) is 2.64. The summed E-state index contributed by atoms with van der Waals surface area (Å²) in [6, 6.07) is 10.0. The van der Waals surface area contributed by atoms with Crippen molar-refractivity contribution in [3.05, 3.63) is 53.3 Å². The monoisotopic (exact) mass is 257 g/mol. The summed E-state index contributed by atoms with van der Waals surface area (Å²) < 4.78 is 1.57. The molecular formula is C15H19N3O. The highest BCUT2D eigenvalue weighted by Gasteiger charge is 2.13. The van der Waals surface area contributed by atoms with Crippen molar-refractivity contribution in [3.63, 3.8) is 0 Å². The van der Waals surface area contributed by atoms with Crippen molar-refractivity contribution in [2.75, 3.05) is 0 Å². The van der Waals surface area contributed by atoms with Crippen LogP contribution in [0.1, 0.15) is 41.5 Å². The van der Waals surface area contributed by atoms with Gasteiger partial charge >= 0.3 is 0 Å². The molecule has 0 spiro atoms. The fraction of sp³-hybridized carbons (Fsp3) is 0.333. The second kappa shape index (κ2) is 5.69. The van der Waals surface area contributed by atoms with Gasteiger partial charge in [0, 0.05) is 13.2 Å². The van der Waals surface area contributed by atoms with E-state index in [1.54, 1.807) is 24.0 Å². The van der Waals surface area contributed by atoms with Crippen LogP contribution >= 0.6 is 0 Å². The van der Waals surface area contributed by atoms with Gasteiger partial charge in [0.2, 0.25) is 0 Å². The number of nitrogens with one attached hydrogen (secondary N) is 1. The minimum atomic E-state index is -0.105. The van der Waals surface area contributed by atoms with Crippen molar-refractivity contribution in [2.24, 2.45) is 7.05 Å². The summed E-state index contributed by atoms with van der Waals surface area (Å²) >= 11 is 0. The first-order chi connectivity index (χ1) is 9.11. The predicted octanol–water partition coefficient (Wildman–Crippen LogP) is 2.47. The summed E-state index contributed by atoms with van der Waals surface area (Å²) in [4.78, 5) is 12.1. The quantitative estimate of drug-likeness (QED) is 0.914. The molecule has 1 aromatic heterocycles. The van der Waals surface area contributed by atoms with E-state index in [0.29, 0.717) is 5.69 Å². The summed E-state index contributed by atoms with van der Waals surface area (Å²) in [7, 11) is 1.76. The standard InChI is InChI=1S/C15H19N3O/c1-4-12-5-7-13(8-6-12)11(2)17-15(19)14-9-10-16-18(14)3/h5-11H,4H2,1-3H3,(H,17,19)/t11-/m1/s1. The normalized spacial score (nSPS) is 12.2. The zero-order valence-corrected chi connectivity index (χ0v) is 11.6. The average molecular weight is 257 g/mol. The van der Waals surface area contributed by atoms with Crippen molar-refractivity contribution < 1.29 is 4.79 Å². The van der Waals surface area contributed by atoms with Gasteiger partial charge in [0.15, 0.2) is 0 Å². The fourth-order valence-corrected chi connectivity index (χ4v) is 1.99. The van der Waals surface area contributed by atoms with E-state index in [1.807, 2.05) is 6.92 Å². The van der Waals surface area contributed by atoms with E-state index in [9.17, 15) is 4.79 Å². The van der Waals surface area contributed by atoms with E-state index < -0.39 is 0 Å². The molecule has 0 radical (unpaired) electrons. The third kappa shape index (κ3) is 3.02. The van der Waals surface area contributed by atoms with Crippen LogP contribution in [0.25, 0.3) is 0 Å². The number of carbonyl (C=O) groups is 1. The molecule has 1 atom stereocenters. The molecule has 1 aromatic carbocycles. The van der Waals surface area contributed by atoms with Crippen molar-refractivity contribution in [1.29, 1.82) is 0 Å². The zero-order valence-electron chi connectivity index (χ0n) is 11.6. The summed E-state index contributed by atoms with van der Waals surface area (Å²) in [5.74, 6) is -0.105. The maximum absolute atomic E-state index is 12.1. The number of benzene rings is 1. The van der Waals surface area contributed by atoms with Crippen LogP contribution in [0.5, 0.6) is 0 Å². The van der Waals surface area contributed by atoms with E-state index in [1.165, 1.54) is 5.56 Å². The number of hydrogen-bond donors (Lipinski definition) is 1. The number of aromatic nitrogens is 2. The van der Waals surface area contributed by atoms with E-state index in [4.69, 9.17) is 0 Å². The molecule has 0 bridgehead atoms. The molecule has 0 aliphatic rings. The van der Waals surface area contributed by atoms with Crippen LogP contribution in [0.2, 0.25) is 0 Å². The average Bonchev–Trinajstić information content (AvgIpc) is 2.85. The van der Waals surface area contributed by atoms with Crippen LogP contribution in [-0.4, -0.2) is 15.7 Å². The summed E-state index contributed by atoms with van der Waals surface area (Å²) in [6.45, 7) is 4.11. The Kier molecular flexibility index (Phi) is 4.00. The van der Waals surface area contributed by atoms with Gasteiger partial charge in [0.1, 0.15) is 5.69 Å². The van der Waals surface area contributed by atoms with Crippen molar-refractivity contribution in [3.8, 4) is 0 Å². The number of nitrogens with zero attached hydrogens (tertiary/aromatic N) is 2. The lowest BCUT2D eigenvalue weighted by Gasteiger charge is -2.14. The minimum absolute atomic E-state index is 0.0201. The lowest BCUT2D eigenvalue weighted by Crippen LogP contribution is -2.28. The molecule has 2 rings (SSSR count). The molecule has 100 valence electrons. The first-order valence-electron chi connectivity index (χ1n) is 6.49. The lowest BCUT2D eigenvalue weighted by atomic mass is 10.0. The van der Waals surface area contributed by atoms with E-state index in [0.717, 1.165) is 12.0 Å². The molecule has 1 N–H and O–H groups in total. The van der Waals surface area contributed by atoms with Crippen molar-refractivity contribution >= 4 is 5.91 Å². The van der Waals surface area contributed by atoms with Gasteiger partial charge < -0.3 is 5.32 Å². The SMILES string of the molecule is CCc1ccc([C@@H](C)NC(=O)c2ccnn2C)cc1. The van der Waals surface area contributed by atoms with Gasteiger partial charge in [-0.3, -0.25) is 9.48 Å². The Hall–Kier alpha value is -2.10. The van der Waals surface area contributed by atoms with Gasteiger partial charge in [-0.1, -0.05) is 31.2 Å². The second-order valence-corrected chi connectivity index (χ2v) is 4.63. The van der Waals surface area contributed by atoms with Crippen LogP contribution in [0.4, 0.5) is 0 Å². The molecule has 0 saturated carbocycles. The maximum atomic E-state index is 12.1. The Morgan fingerprint density at radius 2 is 2.00 bits per heavy atom. The molecular weight excluding hydrogens is 238 g/mol. The second-order valence-electron chi connectivity index (χ2n) is 4.63. The van der Waals surface area contributed by atoms with Gasteiger partial charge in [-0.05, 0) is 30.5 Å². The van der Waals surface area contributed by atoms with Crippen LogP contribution in [0, 0.1) is 0 Å². The van der Waals surface area contributed by atoms with Gasteiger partial charge in [-0.15, -0.1) is 0 Å². The van der Waals surface area contributed by atoms with Gasteiger partial charge in [-0.25, -0.2) is 0 Å². The molecule has 0 unspecified atom stereocenters. The highest BCUT2D eigenvalue weighted by Crippen LogP contribution is 2.14. The number of hydrogen-bond acceptors (Lipinski definition) is 2. The third-order valence-electron chi connectivity index (χ3n) is 3.29. The van der Waals surface area contributed by atoms with E-state index in [2.05, 4.69) is 41.6 Å².